The number of halogens is 4. The summed E-state index contributed by atoms with van der Waals surface area (Å²) in [5, 5.41) is 21.2. The van der Waals surface area contributed by atoms with Crippen LogP contribution in [-0.4, -0.2) is 45.2 Å². The number of aliphatic hydroxyl groups is 1. The van der Waals surface area contributed by atoms with Gasteiger partial charge in [0.1, 0.15) is 28.6 Å². The number of phenols is 1. The number of aromatic hydroxyl groups is 1. The average Bonchev–Trinajstić information content (AvgIpc) is 3.51. The van der Waals surface area contributed by atoms with Gasteiger partial charge in [-0.1, -0.05) is 6.92 Å². The van der Waals surface area contributed by atoms with Crippen molar-refractivity contribution in [2.45, 2.75) is 50.2 Å². The normalized spacial score (nSPS) is 15.8. The van der Waals surface area contributed by atoms with E-state index in [2.05, 4.69) is 4.98 Å². The van der Waals surface area contributed by atoms with Crippen molar-refractivity contribution in [1.29, 1.82) is 0 Å². The van der Waals surface area contributed by atoms with Gasteiger partial charge in [-0.05, 0) is 48.2 Å². The topological polar surface area (TPSA) is 99.5 Å². The first-order chi connectivity index (χ1) is 15.0. The van der Waals surface area contributed by atoms with E-state index in [4.69, 9.17) is 0 Å². The Morgan fingerprint density at radius 3 is 2.50 bits per heavy atom. The zero-order chi connectivity index (χ0) is 23.7. The van der Waals surface area contributed by atoms with E-state index in [0.717, 1.165) is 12.1 Å². The lowest BCUT2D eigenvalue weighted by Crippen LogP contribution is -2.48. The van der Waals surface area contributed by atoms with Gasteiger partial charge in [0.15, 0.2) is 0 Å². The molecule has 10 heteroatoms. The SMILES string of the molecule is C[C@@H](CO)c1cc(F)c(CC(=O)Cc2ccnc(C(=O)NC3(C(F)(F)F)CC3)c2)cc1O. The monoisotopic (exact) mass is 454 g/mol. The molecule has 0 saturated heterocycles. The number of hydrogen-bond donors (Lipinski definition) is 3. The summed E-state index contributed by atoms with van der Waals surface area (Å²) in [5.41, 5.74) is -1.96. The van der Waals surface area contributed by atoms with Crippen LogP contribution < -0.4 is 5.32 Å². The summed E-state index contributed by atoms with van der Waals surface area (Å²) in [6.07, 6.45) is -4.29. The summed E-state index contributed by atoms with van der Waals surface area (Å²) in [6.45, 7) is 1.32. The summed E-state index contributed by atoms with van der Waals surface area (Å²) in [7, 11) is 0. The third-order valence-corrected chi connectivity index (χ3v) is 5.49. The molecule has 1 aliphatic rings. The highest BCUT2D eigenvalue weighted by Crippen LogP contribution is 2.49. The van der Waals surface area contributed by atoms with E-state index < -0.39 is 35.1 Å². The van der Waals surface area contributed by atoms with Crippen LogP contribution >= 0.6 is 0 Å². The van der Waals surface area contributed by atoms with Crippen LogP contribution in [0.15, 0.2) is 30.5 Å². The minimum Gasteiger partial charge on any atom is -0.508 e. The lowest BCUT2D eigenvalue weighted by atomic mass is 9.96. The Bertz CT molecular complexity index is 1040. The van der Waals surface area contributed by atoms with Crippen LogP contribution in [0.3, 0.4) is 0 Å². The highest BCUT2D eigenvalue weighted by molar-refractivity contribution is 5.93. The number of hydrogen-bond acceptors (Lipinski definition) is 5. The molecule has 3 N–H and O–H groups in total. The van der Waals surface area contributed by atoms with Gasteiger partial charge >= 0.3 is 6.18 Å². The Kier molecular flexibility index (Phi) is 6.54. The lowest BCUT2D eigenvalue weighted by Gasteiger charge is -2.20. The van der Waals surface area contributed by atoms with Crippen LogP contribution in [0.5, 0.6) is 5.75 Å². The van der Waals surface area contributed by atoms with Crippen molar-refractivity contribution in [3.8, 4) is 5.75 Å². The maximum Gasteiger partial charge on any atom is 0.411 e. The van der Waals surface area contributed by atoms with E-state index in [1.807, 2.05) is 5.32 Å². The number of rotatable bonds is 8. The standard InChI is InChI=1S/C22H22F4N2O4/c1-12(11-29)16-10-17(23)14(9-19(16)31)8-15(30)6-13-2-5-27-18(7-13)20(32)28-21(3-4-21)22(24,25)26/h2,5,7,9-10,12,29,31H,3-4,6,8,11H2,1H3,(H,28,32)/t12-/m0/s1. The fourth-order valence-electron chi connectivity index (χ4n) is 3.35. The van der Waals surface area contributed by atoms with Gasteiger partial charge in [-0.15, -0.1) is 0 Å². The van der Waals surface area contributed by atoms with Crippen LogP contribution in [0.25, 0.3) is 0 Å². The number of phenolic OH excluding ortho intramolecular Hbond substituents is 1. The molecule has 2 aromatic rings. The van der Waals surface area contributed by atoms with Crippen molar-refractivity contribution in [3.63, 3.8) is 0 Å². The zero-order valence-electron chi connectivity index (χ0n) is 17.2. The number of Topliss-reactive ketones (excluding diaryl/α,β-unsaturated/α-hetero) is 1. The minimum absolute atomic E-state index is 0.0331. The molecule has 1 fully saturated rings. The molecular formula is C22H22F4N2O4. The molecule has 3 rings (SSSR count). The van der Waals surface area contributed by atoms with Crippen LogP contribution in [0.4, 0.5) is 17.6 Å². The van der Waals surface area contributed by atoms with Crippen LogP contribution in [0.2, 0.25) is 0 Å². The first-order valence-electron chi connectivity index (χ1n) is 9.94. The summed E-state index contributed by atoms with van der Waals surface area (Å²) in [6, 6.07) is 4.86. The molecule has 172 valence electrons. The first-order valence-corrected chi connectivity index (χ1v) is 9.94. The largest absolute Gasteiger partial charge is 0.508 e. The molecule has 6 nitrogen and oxygen atoms in total. The highest BCUT2D eigenvalue weighted by Gasteiger charge is 2.64. The van der Waals surface area contributed by atoms with Gasteiger partial charge in [0, 0.05) is 37.1 Å². The number of pyridine rings is 1. The van der Waals surface area contributed by atoms with Gasteiger partial charge in [0.05, 0.1) is 0 Å². The number of aliphatic hydroxyl groups excluding tert-OH is 1. The smallest absolute Gasteiger partial charge is 0.411 e. The van der Waals surface area contributed by atoms with Crippen molar-refractivity contribution in [2.75, 3.05) is 6.61 Å². The van der Waals surface area contributed by atoms with Gasteiger partial charge in [-0.25, -0.2) is 4.39 Å². The third-order valence-electron chi connectivity index (χ3n) is 5.49. The molecule has 1 atom stereocenters. The van der Waals surface area contributed by atoms with Gasteiger partial charge in [0.25, 0.3) is 5.91 Å². The quantitative estimate of drug-likeness (QED) is 0.532. The Morgan fingerprint density at radius 1 is 1.22 bits per heavy atom. The number of nitrogens with one attached hydrogen (secondary N) is 1. The predicted molar refractivity (Wildman–Crippen MR) is 106 cm³/mol. The molecule has 0 radical (unpaired) electrons. The van der Waals surface area contributed by atoms with E-state index in [0.29, 0.717) is 5.56 Å². The van der Waals surface area contributed by atoms with Gasteiger partial charge < -0.3 is 15.5 Å². The van der Waals surface area contributed by atoms with E-state index in [1.54, 1.807) is 6.92 Å². The number of carbonyl (C=O) groups is 2. The predicted octanol–water partition coefficient (Wildman–Crippen LogP) is 3.20. The molecule has 0 aliphatic heterocycles. The maximum atomic E-state index is 14.4. The second kappa shape index (κ2) is 8.85. The van der Waals surface area contributed by atoms with Crippen molar-refractivity contribution in [1.82, 2.24) is 10.3 Å². The molecule has 1 saturated carbocycles. The molecule has 1 aromatic carbocycles. The van der Waals surface area contributed by atoms with E-state index in [1.165, 1.54) is 18.3 Å². The third kappa shape index (κ3) is 5.07. The van der Waals surface area contributed by atoms with E-state index >= 15 is 0 Å². The Hall–Kier alpha value is -3.01. The number of carbonyl (C=O) groups excluding carboxylic acids is 2. The Labute approximate surface area is 181 Å². The number of aromatic nitrogens is 1. The molecule has 0 unspecified atom stereocenters. The fraction of sp³-hybridized carbons (Fsp3) is 0.409. The number of amides is 1. The van der Waals surface area contributed by atoms with Crippen molar-refractivity contribution in [2.24, 2.45) is 0 Å². The van der Waals surface area contributed by atoms with Gasteiger partial charge in [0.2, 0.25) is 0 Å². The summed E-state index contributed by atoms with van der Waals surface area (Å²) in [5.74, 6) is -2.85. The number of alkyl halides is 3. The number of nitrogens with zero attached hydrogens (tertiary/aromatic N) is 1. The van der Waals surface area contributed by atoms with Crippen molar-refractivity contribution in [3.05, 3.63) is 58.7 Å². The first kappa shape index (κ1) is 23.6. The Balaban J connectivity index is 1.68. The number of benzene rings is 1. The maximum absolute atomic E-state index is 14.4. The molecule has 1 aromatic heterocycles. The van der Waals surface area contributed by atoms with Gasteiger partial charge in [-0.3, -0.25) is 14.6 Å². The average molecular weight is 454 g/mol. The molecule has 0 spiro atoms. The zero-order valence-corrected chi connectivity index (χ0v) is 17.2. The molecule has 0 bridgehead atoms. The number of ketones is 1. The summed E-state index contributed by atoms with van der Waals surface area (Å²) >= 11 is 0. The second-order valence-corrected chi connectivity index (χ2v) is 8.06. The van der Waals surface area contributed by atoms with E-state index in [9.17, 15) is 37.4 Å². The van der Waals surface area contributed by atoms with Crippen molar-refractivity contribution >= 4 is 11.7 Å². The van der Waals surface area contributed by atoms with Crippen LogP contribution in [0.1, 0.15) is 52.9 Å². The fourth-order valence-corrected chi connectivity index (χ4v) is 3.35. The van der Waals surface area contributed by atoms with Crippen LogP contribution in [-0.2, 0) is 17.6 Å². The molecule has 1 heterocycles. The highest BCUT2D eigenvalue weighted by atomic mass is 19.4. The lowest BCUT2D eigenvalue weighted by molar-refractivity contribution is -0.163. The summed E-state index contributed by atoms with van der Waals surface area (Å²) in [4.78, 5) is 28.4. The molecule has 32 heavy (non-hydrogen) atoms. The molecular weight excluding hydrogens is 432 g/mol. The molecule has 1 amide bonds. The van der Waals surface area contributed by atoms with Crippen molar-refractivity contribution < 1.29 is 37.4 Å². The Morgan fingerprint density at radius 2 is 1.91 bits per heavy atom. The van der Waals surface area contributed by atoms with E-state index in [-0.39, 0.29) is 54.9 Å². The summed E-state index contributed by atoms with van der Waals surface area (Å²) < 4.78 is 53.5. The van der Waals surface area contributed by atoms with Gasteiger partial charge in [-0.2, -0.15) is 13.2 Å². The minimum atomic E-state index is -4.56. The second-order valence-electron chi connectivity index (χ2n) is 8.06. The molecule has 1 aliphatic carbocycles. The van der Waals surface area contributed by atoms with Crippen LogP contribution in [0, 0.1) is 5.82 Å².